The van der Waals surface area contributed by atoms with E-state index in [0.717, 1.165) is 21.9 Å². The highest BCUT2D eigenvalue weighted by Crippen LogP contribution is 2.29. The van der Waals surface area contributed by atoms with Gasteiger partial charge >= 0.3 is 0 Å². The molecule has 138 valence electrons. The second-order valence-electron chi connectivity index (χ2n) is 7.13. The van der Waals surface area contributed by atoms with Crippen LogP contribution in [-0.4, -0.2) is 34.0 Å². The molecular weight excluding hydrogens is 350 g/mol. The number of carbonyl (C=O) groups is 1. The van der Waals surface area contributed by atoms with Gasteiger partial charge in [0.05, 0.1) is 12.3 Å². The lowest BCUT2D eigenvalue weighted by molar-refractivity contribution is -0.135. The number of carbonyl (C=O) groups excluding carboxylic acids is 1. The second kappa shape index (κ2) is 6.93. The molecule has 28 heavy (non-hydrogen) atoms. The van der Waals surface area contributed by atoms with Crippen LogP contribution >= 0.6 is 0 Å². The topological polar surface area (TPSA) is 59.2 Å². The van der Waals surface area contributed by atoms with Crippen LogP contribution in [-0.2, 0) is 11.2 Å². The van der Waals surface area contributed by atoms with E-state index in [2.05, 4.69) is 28.3 Å². The van der Waals surface area contributed by atoms with Crippen LogP contribution in [0.15, 0.2) is 77.3 Å². The SMILES string of the molecule is O=C(Cc1cccc2ccccc12)N1CC(c2nc(-c3ccccc3)no2)C1. The van der Waals surface area contributed by atoms with Crippen molar-refractivity contribution >= 4 is 16.7 Å². The number of amides is 1. The number of benzene rings is 3. The van der Waals surface area contributed by atoms with Crippen molar-refractivity contribution in [1.29, 1.82) is 0 Å². The maximum atomic E-state index is 12.7. The fourth-order valence-corrected chi connectivity index (χ4v) is 3.67. The van der Waals surface area contributed by atoms with Crippen LogP contribution in [0.2, 0.25) is 0 Å². The van der Waals surface area contributed by atoms with E-state index < -0.39 is 0 Å². The smallest absolute Gasteiger partial charge is 0.233 e. The Morgan fingerprint density at radius 2 is 1.71 bits per heavy atom. The summed E-state index contributed by atoms with van der Waals surface area (Å²) >= 11 is 0. The highest BCUT2D eigenvalue weighted by molar-refractivity contribution is 5.90. The number of likely N-dealkylation sites (tertiary alicyclic amines) is 1. The molecule has 5 rings (SSSR count). The van der Waals surface area contributed by atoms with E-state index in [1.54, 1.807) is 0 Å². The van der Waals surface area contributed by atoms with Crippen LogP contribution in [0.4, 0.5) is 0 Å². The minimum atomic E-state index is 0.112. The third-order valence-electron chi connectivity index (χ3n) is 5.28. The Morgan fingerprint density at radius 1 is 0.964 bits per heavy atom. The van der Waals surface area contributed by atoms with Crippen LogP contribution in [0.1, 0.15) is 17.4 Å². The standard InChI is InChI=1S/C23H19N3O2/c27-21(13-18-11-6-10-16-7-4-5-12-20(16)18)26-14-19(15-26)23-24-22(25-28-23)17-8-2-1-3-9-17/h1-12,19H,13-15H2. The average molecular weight is 369 g/mol. The molecule has 0 spiro atoms. The van der Waals surface area contributed by atoms with Gasteiger partial charge in [-0.25, -0.2) is 0 Å². The summed E-state index contributed by atoms with van der Waals surface area (Å²) < 4.78 is 5.43. The molecule has 1 aliphatic rings. The maximum absolute atomic E-state index is 12.7. The van der Waals surface area contributed by atoms with Crippen LogP contribution in [0.5, 0.6) is 0 Å². The molecule has 0 atom stereocenters. The third kappa shape index (κ3) is 3.05. The van der Waals surface area contributed by atoms with Gasteiger partial charge in [0.15, 0.2) is 0 Å². The first-order valence-electron chi connectivity index (χ1n) is 9.41. The minimum absolute atomic E-state index is 0.112. The van der Waals surface area contributed by atoms with Gasteiger partial charge in [-0.15, -0.1) is 0 Å². The molecule has 0 N–H and O–H groups in total. The molecule has 5 nitrogen and oxygen atoms in total. The summed E-state index contributed by atoms with van der Waals surface area (Å²) in [7, 11) is 0. The van der Waals surface area contributed by atoms with Crippen molar-refractivity contribution in [3.63, 3.8) is 0 Å². The summed E-state index contributed by atoms with van der Waals surface area (Å²) in [6.45, 7) is 1.25. The Balaban J connectivity index is 1.24. The molecular formula is C23H19N3O2. The molecule has 0 bridgehead atoms. The van der Waals surface area contributed by atoms with Crippen molar-refractivity contribution < 1.29 is 9.32 Å². The van der Waals surface area contributed by atoms with Gasteiger partial charge in [-0.05, 0) is 16.3 Å². The maximum Gasteiger partial charge on any atom is 0.233 e. The van der Waals surface area contributed by atoms with E-state index in [9.17, 15) is 4.79 Å². The van der Waals surface area contributed by atoms with Gasteiger partial charge in [0.2, 0.25) is 17.6 Å². The largest absolute Gasteiger partial charge is 0.341 e. The first-order valence-corrected chi connectivity index (χ1v) is 9.41. The van der Waals surface area contributed by atoms with Crippen molar-refractivity contribution in [2.75, 3.05) is 13.1 Å². The van der Waals surface area contributed by atoms with E-state index in [1.807, 2.05) is 59.5 Å². The Bertz CT molecular complexity index is 1130. The van der Waals surface area contributed by atoms with Crippen molar-refractivity contribution in [2.24, 2.45) is 0 Å². The fourth-order valence-electron chi connectivity index (χ4n) is 3.67. The van der Waals surface area contributed by atoms with E-state index in [1.165, 1.54) is 0 Å². The predicted octanol–water partition coefficient (Wildman–Crippen LogP) is 4.06. The number of hydrogen-bond donors (Lipinski definition) is 0. The molecule has 0 unspecified atom stereocenters. The molecule has 2 heterocycles. The van der Waals surface area contributed by atoms with Crippen LogP contribution in [0.25, 0.3) is 22.2 Å². The average Bonchev–Trinajstić information content (AvgIpc) is 3.17. The highest BCUT2D eigenvalue weighted by Gasteiger charge is 2.35. The van der Waals surface area contributed by atoms with Gasteiger partial charge in [0.1, 0.15) is 0 Å². The lowest BCUT2D eigenvalue weighted by Crippen LogP contribution is -2.49. The molecule has 1 aliphatic heterocycles. The van der Waals surface area contributed by atoms with Crippen LogP contribution in [0.3, 0.4) is 0 Å². The van der Waals surface area contributed by atoms with Crippen molar-refractivity contribution in [3.05, 3.63) is 84.3 Å². The van der Waals surface area contributed by atoms with Crippen LogP contribution < -0.4 is 0 Å². The quantitative estimate of drug-likeness (QED) is 0.544. The third-order valence-corrected chi connectivity index (χ3v) is 5.28. The Labute approximate surface area is 162 Å². The Hall–Kier alpha value is -3.47. The van der Waals surface area contributed by atoms with E-state index in [0.29, 0.717) is 31.2 Å². The molecule has 1 aromatic heterocycles. The zero-order valence-corrected chi connectivity index (χ0v) is 15.3. The summed E-state index contributed by atoms with van der Waals surface area (Å²) in [4.78, 5) is 19.1. The molecule has 0 saturated carbocycles. The molecule has 0 aliphatic carbocycles. The normalized spacial score (nSPS) is 14.2. The van der Waals surface area contributed by atoms with Crippen molar-refractivity contribution in [3.8, 4) is 11.4 Å². The van der Waals surface area contributed by atoms with Gasteiger partial charge in [-0.1, -0.05) is 78.0 Å². The summed E-state index contributed by atoms with van der Waals surface area (Å²) in [5.41, 5.74) is 2.00. The van der Waals surface area contributed by atoms with Gasteiger partial charge in [-0.3, -0.25) is 4.79 Å². The molecule has 0 radical (unpaired) electrons. The summed E-state index contributed by atoms with van der Waals surface area (Å²) in [5, 5.41) is 6.37. The minimum Gasteiger partial charge on any atom is -0.341 e. The number of fused-ring (bicyclic) bond motifs is 1. The number of nitrogens with zero attached hydrogens (tertiary/aromatic N) is 3. The molecule has 1 fully saturated rings. The first kappa shape index (κ1) is 16.7. The molecule has 4 aromatic rings. The van der Waals surface area contributed by atoms with Gasteiger partial charge < -0.3 is 9.42 Å². The van der Waals surface area contributed by atoms with E-state index >= 15 is 0 Å². The second-order valence-corrected chi connectivity index (χ2v) is 7.13. The first-order chi connectivity index (χ1) is 13.8. The summed E-state index contributed by atoms with van der Waals surface area (Å²) in [6, 6.07) is 24.0. The zero-order chi connectivity index (χ0) is 18.9. The van der Waals surface area contributed by atoms with Gasteiger partial charge in [0, 0.05) is 18.7 Å². The highest BCUT2D eigenvalue weighted by atomic mass is 16.5. The number of rotatable bonds is 4. The monoisotopic (exact) mass is 369 g/mol. The molecule has 5 heteroatoms. The number of aromatic nitrogens is 2. The Kier molecular flexibility index (Phi) is 4.13. The lowest BCUT2D eigenvalue weighted by atomic mass is 9.97. The summed E-state index contributed by atoms with van der Waals surface area (Å²) in [5.74, 6) is 1.45. The lowest BCUT2D eigenvalue weighted by Gasteiger charge is -2.37. The van der Waals surface area contributed by atoms with Crippen molar-refractivity contribution in [2.45, 2.75) is 12.3 Å². The van der Waals surface area contributed by atoms with Gasteiger partial charge in [-0.2, -0.15) is 4.98 Å². The van der Waals surface area contributed by atoms with E-state index in [-0.39, 0.29) is 11.8 Å². The van der Waals surface area contributed by atoms with E-state index in [4.69, 9.17) is 4.52 Å². The number of hydrogen-bond acceptors (Lipinski definition) is 4. The molecule has 1 amide bonds. The fraction of sp³-hybridized carbons (Fsp3) is 0.174. The predicted molar refractivity (Wildman–Crippen MR) is 107 cm³/mol. The zero-order valence-electron chi connectivity index (χ0n) is 15.3. The van der Waals surface area contributed by atoms with Gasteiger partial charge in [0.25, 0.3) is 0 Å². The van der Waals surface area contributed by atoms with Crippen LogP contribution in [0, 0.1) is 0 Å². The Morgan fingerprint density at radius 3 is 2.57 bits per heavy atom. The molecule has 1 saturated heterocycles. The molecule has 3 aromatic carbocycles. The summed E-state index contributed by atoms with van der Waals surface area (Å²) in [6.07, 6.45) is 0.410. The van der Waals surface area contributed by atoms with Crippen molar-refractivity contribution in [1.82, 2.24) is 15.0 Å².